The molecule has 7 nitrogen and oxygen atoms in total. The summed E-state index contributed by atoms with van der Waals surface area (Å²) in [6.07, 6.45) is 0.659. The molecule has 2 aromatic rings. The quantitative estimate of drug-likeness (QED) is 0.500. The SMILES string of the molecule is CCOc1ccc(/C=N\O[C@@H](C)C(=O)Nc2cc(Cl)ccc2OC)cc1OC. The van der Waals surface area contributed by atoms with Gasteiger partial charge in [-0.2, -0.15) is 0 Å². The first kappa shape index (κ1) is 21.4. The summed E-state index contributed by atoms with van der Waals surface area (Å²) in [5, 5.41) is 7.06. The zero-order valence-corrected chi connectivity index (χ0v) is 16.9. The molecule has 0 fully saturated rings. The number of oxime groups is 1. The first-order valence-electron chi connectivity index (χ1n) is 8.63. The second-order valence-electron chi connectivity index (χ2n) is 5.66. The van der Waals surface area contributed by atoms with E-state index in [0.29, 0.717) is 34.6 Å². The predicted octanol–water partition coefficient (Wildman–Crippen LogP) is 4.13. The van der Waals surface area contributed by atoms with Crippen LogP contribution in [0.3, 0.4) is 0 Å². The molecular weight excluding hydrogens is 384 g/mol. The Hall–Kier alpha value is -2.93. The Morgan fingerprint density at radius 3 is 2.54 bits per heavy atom. The van der Waals surface area contributed by atoms with Crippen molar-refractivity contribution in [3.63, 3.8) is 0 Å². The summed E-state index contributed by atoms with van der Waals surface area (Å²) in [6.45, 7) is 4.02. The van der Waals surface area contributed by atoms with E-state index in [4.69, 9.17) is 30.6 Å². The van der Waals surface area contributed by atoms with Crippen LogP contribution >= 0.6 is 11.6 Å². The summed E-state index contributed by atoms with van der Waals surface area (Å²) < 4.78 is 16.0. The Labute approximate surface area is 169 Å². The van der Waals surface area contributed by atoms with Crippen LogP contribution in [0.5, 0.6) is 17.2 Å². The van der Waals surface area contributed by atoms with E-state index in [9.17, 15) is 4.79 Å². The van der Waals surface area contributed by atoms with Crippen molar-refractivity contribution in [2.45, 2.75) is 20.0 Å². The van der Waals surface area contributed by atoms with Gasteiger partial charge in [0.2, 0.25) is 6.10 Å². The van der Waals surface area contributed by atoms with Gasteiger partial charge in [0.05, 0.1) is 32.7 Å². The topological polar surface area (TPSA) is 78.4 Å². The molecule has 2 aromatic carbocycles. The van der Waals surface area contributed by atoms with E-state index in [-0.39, 0.29) is 5.91 Å². The molecule has 0 aliphatic rings. The highest BCUT2D eigenvalue weighted by Gasteiger charge is 2.16. The lowest BCUT2D eigenvalue weighted by Gasteiger charge is -2.13. The van der Waals surface area contributed by atoms with Crippen LogP contribution in [0.15, 0.2) is 41.6 Å². The highest BCUT2D eigenvalue weighted by Crippen LogP contribution is 2.28. The number of hydrogen-bond acceptors (Lipinski definition) is 6. The molecule has 0 unspecified atom stereocenters. The molecular formula is C20H23ClN2O5. The molecule has 1 amide bonds. The monoisotopic (exact) mass is 406 g/mol. The van der Waals surface area contributed by atoms with E-state index in [1.54, 1.807) is 44.4 Å². The summed E-state index contributed by atoms with van der Waals surface area (Å²) >= 11 is 5.96. The van der Waals surface area contributed by atoms with Gasteiger partial charge in [-0.3, -0.25) is 4.79 Å². The van der Waals surface area contributed by atoms with Crippen LogP contribution in [0.2, 0.25) is 5.02 Å². The molecule has 150 valence electrons. The van der Waals surface area contributed by atoms with E-state index in [1.807, 2.05) is 13.0 Å². The average Bonchev–Trinajstić information content (AvgIpc) is 2.69. The molecule has 1 N–H and O–H groups in total. The van der Waals surface area contributed by atoms with Crippen LogP contribution in [0.25, 0.3) is 0 Å². The minimum atomic E-state index is -0.829. The number of halogens is 1. The smallest absolute Gasteiger partial charge is 0.268 e. The molecule has 1 atom stereocenters. The second-order valence-corrected chi connectivity index (χ2v) is 6.10. The van der Waals surface area contributed by atoms with Gasteiger partial charge >= 0.3 is 0 Å². The van der Waals surface area contributed by atoms with Gasteiger partial charge in [0.1, 0.15) is 5.75 Å². The number of rotatable bonds is 9. The van der Waals surface area contributed by atoms with Crippen molar-refractivity contribution in [1.82, 2.24) is 0 Å². The summed E-state index contributed by atoms with van der Waals surface area (Å²) in [7, 11) is 3.07. The number of nitrogens with one attached hydrogen (secondary N) is 1. The van der Waals surface area contributed by atoms with Crippen LogP contribution in [0, 0.1) is 0 Å². The zero-order chi connectivity index (χ0) is 20.5. The van der Waals surface area contributed by atoms with E-state index in [0.717, 1.165) is 5.56 Å². The number of amides is 1. The first-order valence-corrected chi connectivity index (χ1v) is 9.00. The average molecular weight is 407 g/mol. The molecule has 0 aliphatic heterocycles. The third-order valence-electron chi connectivity index (χ3n) is 3.70. The van der Waals surface area contributed by atoms with E-state index < -0.39 is 6.10 Å². The Kier molecular flexibility index (Phi) is 7.95. The molecule has 0 aliphatic carbocycles. The predicted molar refractivity (Wildman–Crippen MR) is 109 cm³/mol. The largest absolute Gasteiger partial charge is 0.495 e. The van der Waals surface area contributed by atoms with Gasteiger partial charge in [-0.05, 0) is 50.2 Å². The Balaban J connectivity index is 1.98. The fraction of sp³-hybridized carbons (Fsp3) is 0.300. The molecule has 0 radical (unpaired) electrons. The van der Waals surface area contributed by atoms with Crippen LogP contribution in [-0.4, -0.2) is 39.1 Å². The van der Waals surface area contributed by atoms with Crippen LogP contribution in [-0.2, 0) is 9.63 Å². The van der Waals surface area contributed by atoms with Crippen molar-refractivity contribution in [3.8, 4) is 17.2 Å². The number of benzene rings is 2. The molecule has 28 heavy (non-hydrogen) atoms. The molecule has 0 spiro atoms. The first-order chi connectivity index (χ1) is 13.5. The lowest BCUT2D eigenvalue weighted by Crippen LogP contribution is -2.26. The summed E-state index contributed by atoms with van der Waals surface area (Å²) in [4.78, 5) is 17.6. The van der Waals surface area contributed by atoms with E-state index in [1.165, 1.54) is 13.3 Å². The minimum absolute atomic E-state index is 0.387. The van der Waals surface area contributed by atoms with Crippen molar-refractivity contribution < 1.29 is 23.8 Å². The standard InChI is InChI=1S/C20H23ClN2O5/c1-5-27-18-8-6-14(10-19(18)26-4)12-22-28-13(2)20(24)23-16-11-15(21)7-9-17(16)25-3/h6-13H,5H2,1-4H3,(H,23,24)/b22-12-/t13-/m0/s1. The maximum atomic E-state index is 12.3. The van der Waals surface area contributed by atoms with Crippen molar-refractivity contribution in [3.05, 3.63) is 47.0 Å². The summed E-state index contributed by atoms with van der Waals surface area (Å²) in [5.74, 6) is 1.34. The van der Waals surface area contributed by atoms with Gasteiger partial charge in [-0.25, -0.2) is 0 Å². The number of carbonyl (C=O) groups excluding carboxylic acids is 1. The molecule has 0 aromatic heterocycles. The number of anilines is 1. The minimum Gasteiger partial charge on any atom is -0.495 e. The van der Waals surface area contributed by atoms with Gasteiger partial charge in [0, 0.05) is 10.6 Å². The number of methoxy groups -OCH3 is 2. The van der Waals surface area contributed by atoms with Gasteiger partial charge in [0.25, 0.3) is 5.91 Å². The lowest BCUT2D eigenvalue weighted by atomic mass is 10.2. The van der Waals surface area contributed by atoms with Crippen molar-refractivity contribution >= 4 is 29.4 Å². The van der Waals surface area contributed by atoms with Crippen molar-refractivity contribution in [2.24, 2.45) is 5.16 Å². The fourth-order valence-corrected chi connectivity index (χ4v) is 2.45. The number of nitrogens with zero attached hydrogens (tertiary/aromatic N) is 1. The Morgan fingerprint density at radius 1 is 1.14 bits per heavy atom. The maximum Gasteiger partial charge on any atom is 0.268 e. The van der Waals surface area contributed by atoms with Gasteiger partial charge < -0.3 is 24.4 Å². The molecule has 8 heteroatoms. The van der Waals surface area contributed by atoms with Crippen molar-refractivity contribution in [2.75, 3.05) is 26.1 Å². The van der Waals surface area contributed by atoms with Gasteiger partial charge in [-0.1, -0.05) is 16.8 Å². The number of carbonyl (C=O) groups is 1. The van der Waals surface area contributed by atoms with E-state index in [2.05, 4.69) is 10.5 Å². The Bertz CT molecular complexity index is 841. The van der Waals surface area contributed by atoms with Gasteiger partial charge in [-0.15, -0.1) is 0 Å². The molecule has 0 saturated heterocycles. The summed E-state index contributed by atoms with van der Waals surface area (Å²) in [5.41, 5.74) is 1.19. The van der Waals surface area contributed by atoms with E-state index >= 15 is 0 Å². The highest BCUT2D eigenvalue weighted by atomic mass is 35.5. The second kappa shape index (κ2) is 10.4. The van der Waals surface area contributed by atoms with Gasteiger partial charge in [0.15, 0.2) is 11.5 Å². The molecule has 0 bridgehead atoms. The van der Waals surface area contributed by atoms with Crippen LogP contribution in [0.4, 0.5) is 5.69 Å². The highest BCUT2D eigenvalue weighted by molar-refractivity contribution is 6.31. The normalized spacial score (nSPS) is 11.8. The van der Waals surface area contributed by atoms with Crippen LogP contribution in [0.1, 0.15) is 19.4 Å². The number of ether oxygens (including phenoxy) is 3. The third kappa shape index (κ3) is 5.79. The third-order valence-corrected chi connectivity index (χ3v) is 3.93. The molecule has 0 heterocycles. The zero-order valence-electron chi connectivity index (χ0n) is 16.2. The lowest BCUT2D eigenvalue weighted by molar-refractivity contribution is -0.126. The van der Waals surface area contributed by atoms with Crippen molar-refractivity contribution in [1.29, 1.82) is 0 Å². The van der Waals surface area contributed by atoms with Crippen LogP contribution < -0.4 is 19.5 Å². The fourth-order valence-electron chi connectivity index (χ4n) is 2.28. The molecule has 2 rings (SSSR count). The maximum absolute atomic E-state index is 12.3. The Morgan fingerprint density at radius 2 is 1.86 bits per heavy atom. The molecule has 0 saturated carbocycles. The number of hydrogen-bond donors (Lipinski definition) is 1. The summed E-state index contributed by atoms with van der Waals surface area (Å²) in [6, 6.07) is 10.3.